The van der Waals surface area contributed by atoms with E-state index in [-0.39, 0.29) is 11.7 Å². The molecular weight excluding hydrogens is 497 g/mol. The van der Waals surface area contributed by atoms with Gasteiger partial charge in [0.2, 0.25) is 0 Å². The fourth-order valence-electron chi connectivity index (χ4n) is 5.51. The molecule has 3 nitrogen and oxygen atoms in total. The van der Waals surface area contributed by atoms with Crippen LogP contribution in [-0.2, 0) is 6.42 Å². The average Bonchev–Trinajstić information content (AvgIpc) is 3.43. The molecule has 0 spiro atoms. The largest absolute Gasteiger partial charge is 0.456 e. The molecule has 3 aromatic carbocycles. The van der Waals surface area contributed by atoms with Gasteiger partial charge in [0.1, 0.15) is 17.2 Å². The van der Waals surface area contributed by atoms with Crippen molar-refractivity contribution in [1.29, 1.82) is 0 Å². The summed E-state index contributed by atoms with van der Waals surface area (Å²) < 4.78 is 21.3. The molecule has 4 heteroatoms. The third-order valence-electron chi connectivity index (χ3n) is 8.28. The van der Waals surface area contributed by atoms with E-state index in [1.54, 1.807) is 12.1 Å². The quantitative estimate of drug-likeness (QED) is 0.199. The van der Waals surface area contributed by atoms with Gasteiger partial charge >= 0.3 is 0 Å². The number of halogens is 1. The van der Waals surface area contributed by atoms with Gasteiger partial charge in [0.05, 0.1) is 0 Å². The predicted molar refractivity (Wildman–Crippen MR) is 164 cm³/mol. The van der Waals surface area contributed by atoms with E-state index in [2.05, 4.69) is 32.9 Å². The van der Waals surface area contributed by atoms with E-state index >= 15 is 4.39 Å². The zero-order valence-corrected chi connectivity index (χ0v) is 24.0. The van der Waals surface area contributed by atoms with E-state index < -0.39 is 0 Å². The maximum absolute atomic E-state index is 15.2. The molecule has 1 aliphatic rings. The second kappa shape index (κ2) is 12.7. The van der Waals surface area contributed by atoms with Gasteiger partial charge in [-0.05, 0) is 97.5 Å². The summed E-state index contributed by atoms with van der Waals surface area (Å²) >= 11 is 0. The number of furan rings is 1. The van der Waals surface area contributed by atoms with Crippen LogP contribution in [0.15, 0.2) is 65.1 Å². The fourth-order valence-corrected chi connectivity index (χ4v) is 5.51. The Morgan fingerprint density at radius 3 is 2.48 bits per heavy atom. The highest BCUT2D eigenvalue weighted by Crippen LogP contribution is 2.32. The van der Waals surface area contributed by atoms with Gasteiger partial charge in [-0.1, -0.05) is 63.6 Å². The Bertz CT molecular complexity index is 1510. The van der Waals surface area contributed by atoms with Crippen molar-refractivity contribution in [3.63, 3.8) is 0 Å². The lowest BCUT2D eigenvalue weighted by Gasteiger charge is -2.27. The highest BCUT2D eigenvalue weighted by Gasteiger charge is 2.19. The lowest BCUT2D eigenvalue weighted by atomic mass is 9.97. The maximum atomic E-state index is 15.2. The van der Waals surface area contributed by atoms with Crippen LogP contribution in [0.1, 0.15) is 97.8 Å². The minimum atomic E-state index is -0.290. The number of nitrogens with zero attached hydrogens (tertiary/aromatic N) is 1. The Hall–Kier alpha value is -3.66. The number of piperidine rings is 1. The molecule has 1 saturated heterocycles. The van der Waals surface area contributed by atoms with Crippen LogP contribution >= 0.6 is 0 Å². The molecule has 0 N–H and O–H groups in total. The maximum Gasteiger partial charge on any atom is 0.253 e. The molecule has 0 bridgehead atoms. The van der Waals surface area contributed by atoms with E-state index in [1.807, 2.05) is 53.5 Å². The van der Waals surface area contributed by atoms with E-state index in [9.17, 15) is 4.79 Å². The molecule has 208 valence electrons. The molecule has 1 aliphatic heterocycles. The average molecular weight is 538 g/mol. The van der Waals surface area contributed by atoms with Crippen LogP contribution in [0.4, 0.5) is 4.39 Å². The molecule has 1 fully saturated rings. The standard InChI is InChI=1S/C36H40FNO2/c1-4-6-10-29-22-31(36(39)38-19-8-7-9-20-38)16-12-26(29)11-13-27-14-15-30(23-33(27)37)35-24-32-21-28(25(3)5-2)17-18-34(32)40-35/h11-18,21-25H,4-10,19-20H2,1-3H3. The Kier molecular flexibility index (Phi) is 8.84. The van der Waals surface area contributed by atoms with Crippen molar-refractivity contribution in [3.8, 4) is 11.3 Å². The van der Waals surface area contributed by atoms with Crippen LogP contribution in [0.3, 0.4) is 0 Å². The SMILES string of the molecule is CCCCc1cc(C(=O)N2CCCCC2)ccc1C=Cc1ccc(-c2cc3cc(C(C)CC)ccc3o2)cc1F. The van der Waals surface area contributed by atoms with E-state index in [0.29, 0.717) is 17.2 Å². The van der Waals surface area contributed by atoms with Crippen molar-refractivity contribution in [2.75, 3.05) is 13.1 Å². The number of likely N-dealkylation sites (tertiary alicyclic amines) is 1. The lowest BCUT2D eigenvalue weighted by molar-refractivity contribution is 0.0724. The Labute approximate surface area is 237 Å². The van der Waals surface area contributed by atoms with Crippen molar-refractivity contribution >= 4 is 29.0 Å². The smallest absolute Gasteiger partial charge is 0.253 e. The molecule has 0 aliphatic carbocycles. The number of amides is 1. The van der Waals surface area contributed by atoms with Gasteiger partial charge in [0.15, 0.2) is 0 Å². The number of unbranched alkanes of at least 4 members (excludes halogenated alkanes) is 1. The van der Waals surface area contributed by atoms with Gasteiger partial charge in [-0.3, -0.25) is 4.79 Å². The van der Waals surface area contributed by atoms with E-state index in [4.69, 9.17) is 4.42 Å². The minimum Gasteiger partial charge on any atom is -0.456 e. The summed E-state index contributed by atoms with van der Waals surface area (Å²) in [5.74, 6) is 0.986. The highest BCUT2D eigenvalue weighted by atomic mass is 19.1. The van der Waals surface area contributed by atoms with E-state index in [1.165, 1.54) is 12.0 Å². The second-order valence-electron chi connectivity index (χ2n) is 11.2. The second-order valence-corrected chi connectivity index (χ2v) is 11.2. The number of hydrogen-bond acceptors (Lipinski definition) is 2. The van der Waals surface area contributed by atoms with Crippen molar-refractivity contribution < 1.29 is 13.6 Å². The van der Waals surface area contributed by atoms with Gasteiger partial charge in [-0.2, -0.15) is 0 Å². The number of hydrogen-bond donors (Lipinski definition) is 0. The molecule has 5 rings (SSSR count). The van der Waals surface area contributed by atoms with Crippen molar-refractivity contribution in [1.82, 2.24) is 4.90 Å². The molecule has 1 aromatic heterocycles. The topological polar surface area (TPSA) is 33.5 Å². The van der Waals surface area contributed by atoms with Gasteiger partial charge in [0.25, 0.3) is 5.91 Å². The summed E-state index contributed by atoms with van der Waals surface area (Å²) in [6, 6.07) is 19.5. The van der Waals surface area contributed by atoms with Gasteiger partial charge in [0, 0.05) is 35.2 Å². The number of carbonyl (C=O) groups is 1. The summed E-state index contributed by atoms with van der Waals surface area (Å²) in [6.07, 6.45) is 11.2. The molecule has 1 unspecified atom stereocenters. The van der Waals surface area contributed by atoms with Crippen molar-refractivity contribution in [3.05, 3.63) is 94.3 Å². The summed E-state index contributed by atoms with van der Waals surface area (Å²) in [7, 11) is 0. The van der Waals surface area contributed by atoms with Gasteiger partial charge < -0.3 is 9.32 Å². The van der Waals surface area contributed by atoms with Crippen LogP contribution in [-0.4, -0.2) is 23.9 Å². The molecule has 0 radical (unpaired) electrons. The van der Waals surface area contributed by atoms with Crippen LogP contribution in [0, 0.1) is 5.82 Å². The predicted octanol–water partition coefficient (Wildman–Crippen LogP) is 9.89. The number of rotatable bonds is 9. The number of aryl methyl sites for hydroxylation is 1. The Balaban J connectivity index is 1.37. The number of fused-ring (bicyclic) bond motifs is 1. The summed E-state index contributed by atoms with van der Waals surface area (Å²) in [5.41, 5.74) is 6.26. The van der Waals surface area contributed by atoms with E-state index in [0.717, 1.165) is 84.8 Å². The van der Waals surface area contributed by atoms with Crippen LogP contribution in [0.25, 0.3) is 34.4 Å². The normalized spacial score (nSPS) is 14.8. The molecule has 2 heterocycles. The summed E-state index contributed by atoms with van der Waals surface area (Å²) in [5, 5.41) is 1.04. The zero-order chi connectivity index (χ0) is 28.1. The van der Waals surface area contributed by atoms with Crippen molar-refractivity contribution in [2.24, 2.45) is 0 Å². The molecular formula is C36H40FNO2. The van der Waals surface area contributed by atoms with Crippen LogP contribution in [0.2, 0.25) is 0 Å². The first-order valence-electron chi connectivity index (χ1n) is 14.9. The molecule has 1 amide bonds. The van der Waals surface area contributed by atoms with Crippen LogP contribution < -0.4 is 0 Å². The molecule has 1 atom stereocenters. The van der Waals surface area contributed by atoms with Crippen molar-refractivity contribution in [2.45, 2.75) is 71.6 Å². The molecule has 4 aromatic rings. The summed E-state index contributed by atoms with van der Waals surface area (Å²) in [6.45, 7) is 8.26. The zero-order valence-electron chi connectivity index (χ0n) is 24.0. The molecule has 0 saturated carbocycles. The highest BCUT2D eigenvalue weighted by molar-refractivity contribution is 5.95. The van der Waals surface area contributed by atoms with Gasteiger partial charge in [-0.25, -0.2) is 4.39 Å². The first-order valence-corrected chi connectivity index (χ1v) is 14.9. The summed E-state index contributed by atoms with van der Waals surface area (Å²) in [4.78, 5) is 15.1. The number of carbonyl (C=O) groups excluding carboxylic acids is 1. The third-order valence-corrected chi connectivity index (χ3v) is 8.28. The Morgan fingerprint density at radius 2 is 1.73 bits per heavy atom. The lowest BCUT2D eigenvalue weighted by Crippen LogP contribution is -2.35. The monoisotopic (exact) mass is 537 g/mol. The molecule has 40 heavy (non-hydrogen) atoms. The Morgan fingerprint density at radius 1 is 0.950 bits per heavy atom. The first-order chi connectivity index (χ1) is 19.5. The first kappa shape index (κ1) is 27.9. The van der Waals surface area contributed by atoms with Crippen LogP contribution in [0.5, 0.6) is 0 Å². The minimum absolute atomic E-state index is 0.122. The number of benzene rings is 3. The third kappa shape index (κ3) is 6.22. The fraction of sp³-hybridized carbons (Fsp3) is 0.361. The van der Waals surface area contributed by atoms with Gasteiger partial charge in [-0.15, -0.1) is 0 Å².